The average molecular weight is 218 g/mol. The number of aldehydes is 1. The Morgan fingerprint density at radius 3 is 2.69 bits per heavy atom. The molecule has 0 fully saturated rings. The summed E-state index contributed by atoms with van der Waals surface area (Å²) in [6, 6.07) is 0. The molecule has 88 valence electrons. The molecule has 2 aliphatic rings. The summed E-state index contributed by atoms with van der Waals surface area (Å²) in [7, 11) is 0. The van der Waals surface area contributed by atoms with E-state index in [1.54, 1.807) is 0 Å². The van der Waals surface area contributed by atoms with Crippen LogP contribution in [-0.2, 0) is 4.79 Å². The third-order valence-electron chi connectivity index (χ3n) is 4.27. The summed E-state index contributed by atoms with van der Waals surface area (Å²) in [6.07, 6.45) is 7.98. The second kappa shape index (κ2) is 4.57. The number of carbonyl (C=O) groups is 1. The zero-order chi connectivity index (χ0) is 11.7. The van der Waals surface area contributed by atoms with Gasteiger partial charge in [0, 0.05) is 5.92 Å². The number of fused-ring (bicyclic) bond motifs is 1. The molecule has 0 N–H and O–H groups in total. The van der Waals surface area contributed by atoms with Gasteiger partial charge in [0.2, 0.25) is 0 Å². The van der Waals surface area contributed by atoms with Crippen molar-refractivity contribution >= 4 is 6.29 Å². The monoisotopic (exact) mass is 218 g/mol. The smallest absolute Gasteiger partial charge is 0.145 e. The Bertz CT molecular complexity index is 346. The van der Waals surface area contributed by atoms with E-state index in [2.05, 4.69) is 26.8 Å². The van der Waals surface area contributed by atoms with Crippen molar-refractivity contribution in [3.05, 3.63) is 22.8 Å². The lowest BCUT2D eigenvalue weighted by Crippen LogP contribution is -2.28. The summed E-state index contributed by atoms with van der Waals surface area (Å²) < 4.78 is 0. The van der Waals surface area contributed by atoms with Gasteiger partial charge in [0.15, 0.2) is 0 Å². The highest BCUT2D eigenvalue weighted by molar-refractivity contribution is 5.75. The molecule has 0 aliphatic heterocycles. The summed E-state index contributed by atoms with van der Waals surface area (Å²) in [5.74, 6) is 2.02. The van der Waals surface area contributed by atoms with E-state index in [0.717, 1.165) is 43.0 Å². The molecule has 0 aromatic carbocycles. The highest BCUT2D eigenvalue weighted by atomic mass is 16.1. The van der Waals surface area contributed by atoms with E-state index in [4.69, 9.17) is 0 Å². The van der Waals surface area contributed by atoms with E-state index in [9.17, 15) is 4.79 Å². The first-order valence-electron chi connectivity index (χ1n) is 6.48. The van der Waals surface area contributed by atoms with E-state index < -0.39 is 0 Å². The third kappa shape index (κ3) is 2.00. The highest BCUT2D eigenvalue weighted by Crippen LogP contribution is 2.44. The molecule has 0 radical (unpaired) electrons. The molecule has 0 aromatic rings. The minimum atomic E-state index is 0.558. The summed E-state index contributed by atoms with van der Waals surface area (Å²) >= 11 is 0. The van der Waals surface area contributed by atoms with Crippen molar-refractivity contribution in [3.8, 4) is 0 Å². The molecule has 0 bridgehead atoms. The lowest BCUT2D eigenvalue weighted by molar-refractivity contribution is -0.105. The summed E-state index contributed by atoms with van der Waals surface area (Å²) in [4.78, 5) is 11.1. The molecule has 2 atom stereocenters. The van der Waals surface area contributed by atoms with Crippen molar-refractivity contribution in [2.24, 2.45) is 17.8 Å². The number of allylic oxidation sites excluding steroid dienone is 4. The first kappa shape index (κ1) is 11.6. The van der Waals surface area contributed by atoms with Gasteiger partial charge in [-0.1, -0.05) is 31.1 Å². The van der Waals surface area contributed by atoms with Gasteiger partial charge in [-0.3, -0.25) is 4.79 Å². The van der Waals surface area contributed by atoms with E-state index in [1.807, 2.05) is 0 Å². The third-order valence-corrected chi connectivity index (χ3v) is 4.27. The second-order valence-electron chi connectivity index (χ2n) is 5.65. The Balaban J connectivity index is 2.37. The molecule has 1 nitrogen and oxygen atoms in total. The van der Waals surface area contributed by atoms with Gasteiger partial charge in [-0.25, -0.2) is 0 Å². The van der Waals surface area contributed by atoms with Crippen molar-refractivity contribution < 1.29 is 4.79 Å². The standard InChI is InChI=1S/C15H22O/c1-10(2)13-7-5-12(9-16)14-6-4-11(3)8-15(13)14/h8-10,13,15H,4-7H2,1-3H3. The van der Waals surface area contributed by atoms with Gasteiger partial charge in [0.05, 0.1) is 0 Å². The van der Waals surface area contributed by atoms with Crippen LogP contribution < -0.4 is 0 Å². The SMILES string of the molecule is CC1=CC2C(=C(C=O)CCC2C(C)C)CC1. The van der Waals surface area contributed by atoms with Crippen LogP contribution in [0.15, 0.2) is 22.8 Å². The summed E-state index contributed by atoms with van der Waals surface area (Å²) in [6.45, 7) is 6.85. The van der Waals surface area contributed by atoms with Gasteiger partial charge < -0.3 is 0 Å². The molecule has 0 amide bonds. The van der Waals surface area contributed by atoms with Crippen LogP contribution in [0, 0.1) is 17.8 Å². The van der Waals surface area contributed by atoms with Crippen LogP contribution in [0.5, 0.6) is 0 Å². The Labute approximate surface area is 98.6 Å². The molecule has 0 saturated carbocycles. The molecule has 0 heterocycles. The van der Waals surface area contributed by atoms with Crippen LogP contribution in [0.1, 0.15) is 46.5 Å². The van der Waals surface area contributed by atoms with Gasteiger partial charge in [-0.05, 0) is 50.0 Å². The predicted octanol–water partition coefficient (Wildman–Crippen LogP) is 3.90. The Hall–Kier alpha value is -0.850. The lowest BCUT2D eigenvalue weighted by Gasteiger charge is -2.38. The Kier molecular flexibility index (Phi) is 3.32. The Morgan fingerprint density at radius 1 is 1.31 bits per heavy atom. The van der Waals surface area contributed by atoms with Crippen LogP contribution in [-0.4, -0.2) is 6.29 Å². The zero-order valence-corrected chi connectivity index (χ0v) is 10.6. The minimum Gasteiger partial charge on any atom is -0.298 e. The van der Waals surface area contributed by atoms with Crippen LogP contribution in [0.4, 0.5) is 0 Å². The molecule has 2 rings (SSSR count). The Morgan fingerprint density at radius 2 is 2.06 bits per heavy atom. The van der Waals surface area contributed by atoms with E-state index in [1.165, 1.54) is 17.6 Å². The normalized spacial score (nSPS) is 30.1. The molecule has 16 heavy (non-hydrogen) atoms. The fourth-order valence-electron chi connectivity index (χ4n) is 3.29. The van der Waals surface area contributed by atoms with Gasteiger partial charge in [-0.15, -0.1) is 0 Å². The first-order chi connectivity index (χ1) is 7.63. The van der Waals surface area contributed by atoms with Crippen molar-refractivity contribution in [2.75, 3.05) is 0 Å². The summed E-state index contributed by atoms with van der Waals surface area (Å²) in [5.41, 5.74) is 4.06. The van der Waals surface area contributed by atoms with Crippen LogP contribution >= 0.6 is 0 Å². The first-order valence-corrected chi connectivity index (χ1v) is 6.48. The largest absolute Gasteiger partial charge is 0.298 e. The van der Waals surface area contributed by atoms with Gasteiger partial charge in [-0.2, -0.15) is 0 Å². The van der Waals surface area contributed by atoms with Gasteiger partial charge in [0.1, 0.15) is 6.29 Å². The molecule has 2 aliphatic carbocycles. The predicted molar refractivity (Wildman–Crippen MR) is 67.1 cm³/mol. The fourth-order valence-corrected chi connectivity index (χ4v) is 3.29. The van der Waals surface area contributed by atoms with E-state index in [0.29, 0.717) is 5.92 Å². The molecule has 0 spiro atoms. The van der Waals surface area contributed by atoms with Crippen LogP contribution in [0.2, 0.25) is 0 Å². The van der Waals surface area contributed by atoms with Gasteiger partial charge in [0.25, 0.3) is 0 Å². The number of hydrogen-bond acceptors (Lipinski definition) is 1. The molecular formula is C15H22O. The van der Waals surface area contributed by atoms with Crippen molar-refractivity contribution in [2.45, 2.75) is 46.5 Å². The van der Waals surface area contributed by atoms with E-state index >= 15 is 0 Å². The minimum absolute atomic E-state index is 0.558. The van der Waals surface area contributed by atoms with Gasteiger partial charge >= 0.3 is 0 Å². The quantitative estimate of drug-likeness (QED) is 0.507. The highest BCUT2D eigenvalue weighted by Gasteiger charge is 2.33. The molecular weight excluding hydrogens is 196 g/mol. The topological polar surface area (TPSA) is 17.1 Å². The van der Waals surface area contributed by atoms with Crippen LogP contribution in [0.25, 0.3) is 0 Å². The zero-order valence-electron chi connectivity index (χ0n) is 10.6. The number of rotatable bonds is 2. The van der Waals surface area contributed by atoms with Crippen LogP contribution in [0.3, 0.4) is 0 Å². The van der Waals surface area contributed by atoms with E-state index in [-0.39, 0.29) is 0 Å². The van der Waals surface area contributed by atoms with Crippen molar-refractivity contribution in [1.29, 1.82) is 0 Å². The van der Waals surface area contributed by atoms with Crippen molar-refractivity contribution in [3.63, 3.8) is 0 Å². The average Bonchev–Trinajstić information content (AvgIpc) is 2.26. The lowest BCUT2D eigenvalue weighted by atomic mass is 9.67. The number of carbonyl (C=O) groups excluding carboxylic acids is 1. The number of hydrogen-bond donors (Lipinski definition) is 0. The van der Waals surface area contributed by atoms with Crippen molar-refractivity contribution in [1.82, 2.24) is 0 Å². The molecule has 1 heteroatoms. The maximum atomic E-state index is 11.1. The maximum absolute atomic E-state index is 11.1. The molecule has 0 saturated heterocycles. The molecule has 0 aromatic heterocycles. The maximum Gasteiger partial charge on any atom is 0.145 e. The molecule has 2 unspecified atom stereocenters. The fraction of sp³-hybridized carbons (Fsp3) is 0.667. The summed E-state index contributed by atoms with van der Waals surface area (Å²) in [5, 5.41) is 0. The second-order valence-corrected chi connectivity index (χ2v) is 5.65.